The van der Waals surface area contributed by atoms with E-state index in [0.29, 0.717) is 17.0 Å². The first kappa shape index (κ1) is 12.8. The van der Waals surface area contributed by atoms with E-state index >= 15 is 0 Å². The predicted octanol–water partition coefficient (Wildman–Crippen LogP) is 2.22. The molecule has 1 aromatic rings. The second kappa shape index (κ2) is 6.33. The topological polar surface area (TPSA) is 38.0 Å². The summed E-state index contributed by atoms with van der Waals surface area (Å²) in [4.78, 5) is 0. The Labute approximate surface area is 98.3 Å². The summed E-state index contributed by atoms with van der Waals surface area (Å²) < 4.78 is 13.4. The standard InChI is InChI=1S/C10H14ClFN2S/c1-15-6-7(14-13)5-8-9(11)3-2-4-10(8)12/h2-4,7,14H,5-6,13H2,1H3. The Morgan fingerprint density at radius 3 is 2.87 bits per heavy atom. The summed E-state index contributed by atoms with van der Waals surface area (Å²) >= 11 is 7.57. The van der Waals surface area contributed by atoms with Crippen molar-refractivity contribution in [2.45, 2.75) is 12.5 Å². The van der Waals surface area contributed by atoms with Gasteiger partial charge in [-0.2, -0.15) is 11.8 Å². The fraction of sp³-hybridized carbons (Fsp3) is 0.400. The van der Waals surface area contributed by atoms with Gasteiger partial charge in [-0.25, -0.2) is 4.39 Å². The zero-order valence-electron chi connectivity index (χ0n) is 8.47. The molecule has 0 spiro atoms. The fourth-order valence-electron chi connectivity index (χ4n) is 1.34. The maximum atomic E-state index is 13.4. The number of rotatable bonds is 5. The maximum Gasteiger partial charge on any atom is 0.127 e. The number of hydrazine groups is 1. The van der Waals surface area contributed by atoms with Gasteiger partial charge in [-0.1, -0.05) is 17.7 Å². The Morgan fingerprint density at radius 2 is 2.33 bits per heavy atom. The number of nitrogens with two attached hydrogens (primary N) is 1. The Bertz CT molecular complexity index is 302. The smallest absolute Gasteiger partial charge is 0.127 e. The van der Waals surface area contributed by atoms with Crippen LogP contribution in [0.4, 0.5) is 4.39 Å². The third kappa shape index (κ3) is 3.65. The molecule has 0 bridgehead atoms. The molecule has 15 heavy (non-hydrogen) atoms. The minimum absolute atomic E-state index is 0.0365. The molecule has 0 aromatic heterocycles. The molecule has 1 aromatic carbocycles. The highest BCUT2D eigenvalue weighted by Crippen LogP contribution is 2.20. The average Bonchev–Trinajstić information content (AvgIpc) is 2.22. The van der Waals surface area contributed by atoms with Crippen LogP contribution in [-0.2, 0) is 6.42 Å². The number of halogens is 2. The summed E-state index contributed by atoms with van der Waals surface area (Å²) in [5.74, 6) is 5.92. The maximum absolute atomic E-state index is 13.4. The van der Waals surface area contributed by atoms with E-state index in [9.17, 15) is 4.39 Å². The third-order valence-corrected chi connectivity index (χ3v) is 3.21. The van der Waals surface area contributed by atoms with Gasteiger partial charge < -0.3 is 0 Å². The summed E-state index contributed by atoms with van der Waals surface area (Å²) in [6, 6.07) is 4.73. The molecule has 0 aliphatic carbocycles. The van der Waals surface area contributed by atoms with Gasteiger partial charge in [0.15, 0.2) is 0 Å². The van der Waals surface area contributed by atoms with Crippen LogP contribution in [0.5, 0.6) is 0 Å². The largest absolute Gasteiger partial charge is 0.271 e. The van der Waals surface area contributed by atoms with Crippen LogP contribution in [0.2, 0.25) is 5.02 Å². The van der Waals surface area contributed by atoms with E-state index in [-0.39, 0.29) is 11.9 Å². The van der Waals surface area contributed by atoms with Crippen molar-refractivity contribution in [3.8, 4) is 0 Å². The number of thioether (sulfide) groups is 1. The van der Waals surface area contributed by atoms with Gasteiger partial charge in [0, 0.05) is 22.4 Å². The highest BCUT2D eigenvalue weighted by Gasteiger charge is 2.13. The summed E-state index contributed by atoms with van der Waals surface area (Å²) in [5, 5.41) is 0.455. The first-order valence-electron chi connectivity index (χ1n) is 4.57. The molecule has 84 valence electrons. The third-order valence-electron chi connectivity index (χ3n) is 2.12. The number of benzene rings is 1. The van der Waals surface area contributed by atoms with E-state index < -0.39 is 0 Å². The zero-order chi connectivity index (χ0) is 11.3. The van der Waals surface area contributed by atoms with Gasteiger partial charge in [0.25, 0.3) is 0 Å². The van der Waals surface area contributed by atoms with Crippen molar-refractivity contribution in [1.29, 1.82) is 0 Å². The van der Waals surface area contributed by atoms with Crippen molar-refractivity contribution in [3.05, 3.63) is 34.6 Å². The first-order chi connectivity index (χ1) is 7.19. The normalized spacial score (nSPS) is 12.8. The van der Waals surface area contributed by atoms with Crippen LogP contribution in [0.3, 0.4) is 0 Å². The minimum atomic E-state index is -0.274. The molecule has 5 heteroatoms. The van der Waals surface area contributed by atoms with Crippen LogP contribution in [0.1, 0.15) is 5.56 Å². The van der Waals surface area contributed by atoms with Crippen LogP contribution < -0.4 is 11.3 Å². The Hall–Kier alpha value is -0.290. The molecule has 1 unspecified atom stereocenters. The van der Waals surface area contributed by atoms with E-state index in [1.54, 1.807) is 23.9 Å². The predicted molar refractivity (Wildman–Crippen MR) is 64.6 cm³/mol. The zero-order valence-corrected chi connectivity index (χ0v) is 10.0. The van der Waals surface area contributed by atoms with Crippen molar-refractivity contribution in [2.24, 2.45) is 5.84 Å². The Balaban J connectivity index is 2.78. The SMILES string of the molecule is CSCC(Cc1c(F)cccc1Cl)NN. The number of hydrogen-bond acceptors (Lipinski definition) is 3. The summed E-state index contributed by atoms with van der Waals surface area (Å²) in [6.45, 7) is 0. The monoisotopic (exact) mass is 248 g/mol. The van der Waals surface area contributed by atoms with Crippen molar-refractivity contribution in [2.75, 3.05) is 12.0 Å². The van der Waals surface area contributed by atoms with Crippen LogP contribution >= 0.6 is 23.4 Å². The van der Waals surface area contributed by atoms with Gasteiger partial charge in [0.2, 0.25) is 0 Å². The molecule has 1 atom stereocenters. The van der Waals surface area contributed by atoms with Gasteiger partial charge in [0.05, 0.1) is 0 Å². The van der Waals surface area contributed by atoms with Gasteiger partial charge >= 0.3 is 0 Å². The molecular formula is C10H14ClFN2S. The lowest BCUT2D eigenvalue weighted by Crippen LogP contribution is -2.38. The molecule has 0 saturated heterocycles. The van der Waals surface area contributed by atoms with Crippen molar-refractivity contribution in [1.82, 2.24) is 5.43 Å². The van der Waals surface area contributed by atoms with E-state index in [2.05, 4.69) is 5.43 Å². The van der Waals surface area contributed by atoms with Gasteiger partial charge in [-0.3, -0.25) is 11.3 Å². The van der Waals surface area contributed by atoms with Crippen molar-refractivity contribution >= 4 is 23.4 Å². The quantitative estimate of drug-likeness (QED) is 0.620. The van der Waals surface area contributed by atoms with Gasteiger partial charge in [-0.15, -0.1) is 0 Å². The molecule has 0 aliphatic rings. The van der Waals surface area contributed by atoms with E-state index in [0.717, 1.165) is 5.75 Å². The highest BCUT2D eigenvalue weighted by molar-refractivity contribution is 7.98. The van der Waals surface area contributed by atoms with E-state index in [4.69, 9.17) is 17.4 Å². The van der Waals surface area contributed by atoms with Crippen LogP contribution in [0, 0.1) is 5.82 Å². The molecule has 0 radical (unpaired) electrons. The van der Waals surface area contributed by atoms with Gasteiger partial charge in [0.1, 0.15) is 5.82 Å². The molecule has 0 heterocycles. The molecule has 0 fully saturated rings. The fourth-order valence-corrected chi connectivity index (χ4v) is 2.20. The molecule has 0 aliphatic heterocycles. The van der Waals surface area contributed by atoms with Crippen LogP contribution in [0.15, 0.2) is 18.2 Å². The summed E-state index contributed by atoms with van der Waals surface area (Å²) in [7, 11) is 0. The van der Waals surface area contributed by atoms with Crippen LogP contribution in [-0.4, -0.2) is 18.1 Å². The average molecular weight is 249 g/mol. The minimum Gasteiger partial charge on any atom is -0.271 e. The lowest BCUT2D eigenvalue weighted by molar-refractivity contribution is 0.547. The number of hydrogen-bond donors (Lipinski definition) is 2. The molecule has 0 saturated carbocycles. The molecule has 3 N–H and O–H groups in total. The molecule has 1 rings (SSSR count). The van der Waals surface area contributed by atoms with E-state index in [1.165, 1.54) is 6.07 Å². The lowest BCUT2D eigenvalue weighted by atomic mass is 10.1. The lowest BCUT2D eigenvalue weighted by Gasteiger charge is -2.15. The highest BCUT2D eigenvalue weighted by atomic mass is 35.5. The molecule has 2 nitrogen and oxygen atoms in total. The van der Waals surface area contributed by atoms with Crippen molar-refractivity contribution in [3.63, 3.8) is 0 Å². The Morgan fingerprint density at radius 1 is 1.60 bits per heavy atom. The summed E-state index contributed by atoms with van der Waals surface area (Å²) in [6.07, 6.45) is 2.48. The van der Waals surface area contributed by atoms with Crippen molar-refractivity contribution < 1.29 is 4.39 Å². The van der Waals surface area contributed by atoms with E-state index in [1.807, 2.05) is 6.26 Å². The molecular weight excluding hydrogens is 235 g/mol. The molecule has 0 amide bonds. The van der Waals surface area contributed by atoms with Crippen LogP contribution in [0.25, 0.3) is 0 Å². The summed E-state index contributed by atoms with van der Waals surface area (Å²) in [5.41, 5.74) is 3.18. The first-order valence-corrected chi connectivity index (χ1v) is 6.34. The second-order valence-electron chi connectivity index (χ2n) is 3.22. The van der Waals surface area contributed by atoms with Gasteiger partial charge in [-0.05, 0) is 24.8 Å². The number of nitrogens with one attached hydrogen (secondary N) is 1. The second-order valence-corrected chi connectivity index (χ2v) is 4.54. The Kier molecular flexibility index (Phi) is 5.39.